The first-order valence-electron chi connectivity index (χ1n) is 7.14. The topological polar surface area (TPSA) is 47.1 Å². The highest BCUT2D eigenvalue weighted by Gasteiger charge is 2.22. The zero-order valence-electron chi connectivity index (χ0n) is 11.8. The lowest BCUT2D eigenvalue weighted by Crippen LogP contribution is -2.34. The van der Waals surface area contributed by atoms with Crippen LogP contribution < -0.4 is 5.73 Å². The van der Waals surface area contributed by atoms with Crippen LogP contribution in [0.3, 0.4) is 0 Å². The van der Waals surface area contributed by atoms with Crippen LogP contribution in [-0.4, -0.2) is 34.6 Å². The number of piperidine rings is 1. The van der Waals surface area contributed by atoms with Crippen molar-refractivity contribution < 1.29 is 0 Å². The number of imidazole rings is 1. The number of anilines is 1. The van der Waals surface area contributed by atoms with E-state index in [0.29, 0.717) is 6.04 Å². The van der Waals surface area contributed by atoms with Crippen molar-refractivity contribution in [1.29, 1.82) is 0 Å². The van der Waals surface area contributed by atoms with E-state index >= 15 is 0 Å². The van der Waals surface area contributed by atoms with Crippen LogP contribution in [0.25, 0.3) is 11.0 Å². The Labute approximate surface area is 114 Å². The lowest BCUT2D eigenvalue weighted by Gasteiger charge is -2.31. The SMILES string of the molecule is CCc1nc2cc(N)ccc2n1C1CCCN(C)C1. The molecular formula is C15H22N4. The summed E-state index contributed by atoms with van der Waals surface area (Å²) in [5.74, 6) is 1.18. The van der Waals surface area contributed by atoms with Gasteiger partial charge >= 0.3 is 0 Å². The number of benzene rings is 1. The van der Waals surface area contributed by atoms with Crippen LogP contribution in [0.2, 0.25) is 0 Å². The van der Waals surface area contributed by atoms with Crippen molar-refractivity contribution in [3.05, 3.63) is 24.0 Å². The van der Waals surface area contributed by atoms with E-state index in [-0.39, 0.29) is 0 Å². The molecule has 4 nitrogen and oxygen atoms in total. The summed E-state index contributed by atoms with van der Waals surface area (Å²) in [6.07, 6.45) is 3.47. The maximum atomic E-state index is 5.87. The second-order valence-electron chi connectivity index (χ2n) is 5.56. The molecule has 2 aromatic rings. The van der Waals surface area contributed by atoms with E-state index in [4.69, 9.17) is 10.7 Å². The molecule has 4 heteroatoms. The van der Waals surface area contributed by atoms with Gasteiger partial charge in [0.15, 0.2) is 0 Å². The second-order valence-corrected chi connectivity index (χ2v) is 5.56. The highest BCUT2D eigenvalue weighted by atomic mass is 15.2. The minimum atomic E-state index is 0.544. The molecule has 1 aliphatic rings. The Morgan fingerprint density at radius 3 is 3.00 bits per heavy atom. The predicted octanol–water partition coefficient (Wildman–Crippen LogP) is 2.45. The van der Waals surface area contributed by atoms with E-state index in [1.165, 1.54) is 30.7 Å². The van der Waals surface area contributed by atoms with Crippen LogP contribution in [0.5, 0.6) is 0 Å². The number of likely N-dealkylation sites (N-methyl/N-ethyl adjacent to an activating group) is 1. The van der Waals surface area contributed by atoms with Gasteiger partial charge in [0, 0.05) is 24.7 Å². The molecule has 1 aromatic carbocycles. The quantitative estimate of drug-likeness (QED) is 0.842. The minimum Gasteiger partial charge on any atom is -0.399 e. The van der Waals surface area contributed by atoms with Crippen molar-refractivity contribution in [3.63, 3.8) is 0 Å². The molecule has 19 heavy (non-hydrogen) atoms. The Hall–Kier alpha value is -1.55. The van der Waals surface area contributed by atoms with Crippen molar-refractivity contribution in [2.45, 2.75) is 32.2 Å². The Balaban J connectivity index is 2.10. The lowest BCUT2D eigenvalue weighted by atomic mass is 10.1. The monoisotopic (exact) mass is 258 g/mol. The number of nitrogens with zero attached hydrogens (tertiary/aromatic N) is 3. The standard InChI is InChI=1S/C15H22N4/c1-3-15-17-13-9-11(16)6-7-14(13)19(15)12-5-4-8-18(2)10-12/h6-7,9,12H,3-5,8,10,16H2,1-2H3. The molecule has 0 spiro atoms. The average Bonchev–Trinajstić information content (AvgIpc) is 2.76. The van der Waals surface area contributed by atoms with Gasteiger partial charge in [-0.15, -0.1) is 0 Å². The number of hydrogen-bond acceptors (Lipinski definition) is 3. The molecule has 3 rings (SSSR count). The largest absolute Gasteiger partial charge is 0.399 e. The molecule has 2 N–H and O–H groups in total. The van der Waals surface area contributed by atoms with Gasteiger partial charge in [-0.1, -0.05) is 6.92 Å². The molecule has 0 aliphatic carbocycles. The van der Waals surface area contributed by atoms with Crippen molar-refractivity contribution in [2.75, 3.05) is 25.9 Å². The zero-order valence-corrected chi connectivity index (χ0v) is 11.8. The summed E-state index contributed by atoms with van der Waals surface area (Å²) in [5, 5.41) is 0. The van der Waals surface area contributed by atoms with Crippen LogP contribution in [0.15, 0.2) is 18.2 Å². The number of fused-ring (bicyclic) bond motifs is 1. The van der Waals surface area contributed by atoms with Gasteiger partial charge in [0.2, 0.25) is 0 Å². The van der Waals surface area contributed by atoms with Gasteiger partial charge in [-0.3, -0.25) is 0 Å². The fourth-order valence-electron chi connectivity index (χ4n) is 3.17. The van der Waals surface area contributed by atoms with E-state index in [2.05, 4.69) is 29.5 Å². The number of likely N-dealkylation sites (tertiary alicyclic amines) is 1. The Morgan fingerprint density at radius 2 is 2.26 bits per heavy atom. The number of nitrogens with two attached hydrogens (primary N) is 1. The average molecular weight is 258 g/mol. The van der Waals surface area contributed by atoms with Crippen LogP contribution in [0.4, 0.5) is 5.69 Å². The summed E-state index contributed by atoms with van der Waals surface area (Å²) in [5.41, 5.74) is 8.92. The van der Waals surface area contributed by atoms with Gasteiger partial charge in [-0.25, -0.2) is 4.98 Å². The molecule has 2 heterocycles. The molecule has 0 amide bonds. The molecule has 1 unspecified atom stereocenters. The molecule has 0 radical (unpaired) electrons. The van der Waals surface area contributed by atoms with Crippen LogP contribution in [0.1, 0.15) is 31.6 Å². The smallest absolute Gasteiger partial charge is 0.109 e. The van der Waals surface area contributed by atoms with E-state index in [0.717, 1.165) is 24.2 Å². The molecule has 1 aromatic heterocycles. The molecule has 1 saturated heterocycles. The van der Waals surface area contributed by atoms with Gasteiger partial charge in [-0.05, 0) is 44.6 Å². The van der Waals surface area contributed by atoms with Crippen LogP contribution in [-0.2, 0) is 6.42 Å². The second kappa shape index (κ2) is 4.85. The van der Waals surface area contributed by atoms with E-state index in [9.17, 15) is 0 Å². The first kappa shape index (κ1) is 12.5. The number of aromatic nitrogens is 2. The van der Waals surface area contributed by atoms with Crippen molar-refractivity contribution in [2.24, 2.45) is 0 Å². The molecule has 102 valence electrons. The maximum Gasteiger partial charge on any atom is 0.109 e. The van der Waals surface area contributed by atoms with E-state index < -0.39 is 0 Å². The van der Waals surface area contributed by atoms with Crippen molar-refractivity contribution in [3.8, 4) is 0 Å². The van der Waals surface area contributed by atoms with Crippen LogP contribution >= 0.6 is 0 Å². The zero-order chi connectivity index (χ0) is 13.4. The molecule has 1 aliphatic heterocycles. The van der Waals surface area contributed by atoms with Gasteiger partial charge in [0.05, 0.1) is 11.0 Å². The Bertz CT molecular complexity index is 587. The van der Waals surface area contributed by atoms with E-state index in [1.54, 1.807) is 0 Å². The highest BCUT2D eigenvalue weighted by Crippen LogP contribution is 2.28. The third-order valence-electron chi connectivity index (χ3n) is 4.07. The summed E-state index contributed by atoms with van der Waals surface area (Å²) in [6.45, 7) is 4.49. The van der Waals surface area contributed by atoms with Gasteiger partial charge in [0.25, 0.3) is 0 Å². The van der Waals surface area contributed by atoms with Crippen molar-refractivity contribution in [1.82, 2.24) is 14.5 Å². The highest BCUT2D eigenvalue weighted by molar-refractivity contribution is 5.79. The van der Waals surface area contributed by atoms with Crippen molar-refractivity contribution >= 4 is 16.7 Å². The minimum absolute atomic E-state index is 0.544. The van der Waals surface area contributed by atoms with E-state index in [1.807, 2.05) is 12.1 Å². The Morgan fingerprint density at radius 1 is 1.42 bits per heavy atom. The number of nitrogen functional groups attached to an aromatic ring is 1. The summed E-state index contributed by atoms with van der Waals surface area (Å²) >= 11 is 0. The summed E-state index contributed by atoms with van der Waals surface area (Å²) in [4.78, 5) is 7.17. The normalized spacial score (nSPS) is 21.1. The fraction of sp³-hybridized carbons (Fsp3) is 0.533. The van der Waals surface area contributed by atoms with Gasteiger partial charge in [0.1, 0.15) is 5.82 Å². The molecule has 0 saturated carbocycles. The molecule has 0 bridgehead atoms. The fourth-order valence-corrected chi connectivity index (χ4v) is 3.17. The number of hydrogen-bond donors (Lipinski definition) is 1. The summed E-state index contributed by atoms with van der Waals surface area (Å²) in [6, 6.07) is 6.62. The van der Waals surface area contributed by atoms with Crippen LogP contribution in [0, 0.1) is 0 Å². The lowest BCUT2D eigenvalue weighted by molar-refractivity contribution is 0.212. The number of aryl methyl sites for hydroxylation is 1. The maximum absolute atomic E-state index is 5.87. The van der Waals surface area contributed by atoms with Gasteiger partial charge < -0.3 is 15.2 Å². The van der Waals surface area contributed by atoms with Gasteiger partial charge in [-0.2, -0.15) is 0 Å². The third kappa shape index (κ3) is 2.21. The predicted molar refractivity (Wildman–Crippen MR) is 79.3 cm³/mol. The number of rotatable bonds is 2. The first-order chi connectivity index (χ1) is 9.19. The Kier molecular flexibility index (Phi) is 3.19. The first-order valence-corrected chi connectivity index (χ1v) is 7.14. The molecular weight excluding hydrogens is 236 g/mol. The molecule has 1 fully saturated rings. The molecule has 1 atom stereocenters. The summed E-state index contributed by atoms with van der Waals surface area (Å²) < 4.78 is 2.43. The third-order valence-corrected chi connectivity index (χ3v) is 4.07. The summed E-state index contributed by atoms with van der Waals surface area (Å²) in [7, 11) is 2.20.